The number of carbonyl (C=O) groups excluding carboxylic acids is 3. The highest BCUT2D eigenvalue weighted by Crippen LogP contribution is 2.37. The number of piperidine rings is 1. The molecule has 2 N–H and O–H groups in total. The number of rotatable bonds is 6. The van der Waals surface area contributed by atoms with Crippen LogP contribution in [-0.2, 0) is 9.59 Å². The Morgan fingerprint density at radius 2 is 1.89 bits per heavy atom. The van der Waals surface area contributed by atoms with Gasteiger partial charge < -0.3 is 24.7 Å². The van der Waals surface area contributed by atoms with E-state index >= 15 is 0 Å². The number of ketones is 1. The first-order chi connectivity index (χ1) is 18.4. The number of methoxy groups -OCH3 is 1. The maximum atomic E-state index is 13.8. The van der Waals surface area contributed by atoms with Gasteiger partial charge in [0, 0.05) is 24.4 Å². The van der Waals surface area contributed by atoms with Crippen molar-refractivity contribution in [3.8, 4) is 11.8 Å². The second-order valence-corrected chi connectivity index (χ2v) is 9.94. The van der Waals surface area contributed by atoms with E-state index in [9.17, 15) is 19.6 Å². The van der Waals surface area contributed by atoms with Gasteiger partial charge in [-0.15, -0.1) is 0 Å². The summed E-state index contributed by atoms with van der Waals surface area (Å²) in [5.41, 5.74) is 0.638. The number of nitrogens with zero attached hydrogens (tertiary/aromatic N) is 2. The van der Waals surface area contributed by atoms with E-state index in [2.05, 4.69) is 16.7 Å². The molecule has 38 heavy (non-hydrogen) atoms. The average molecular weight is 515 g/mol. The SMILES string of the molecule is COc1cc(NC(=O)C2(NC(=O)c3cc4ccccc4o3)CCCCC2)c(C#N)cc1N1CCCC(=O)C1. The van der Waals surface area contributed by atoms with Gasteiger partial charge in [0.1, 0.15) is 22.9 Å². The number of hydrogen-bond donors (Lipinski definition) is 2. The van der Waals surface area contributed by atoms with E-state index in [1.54, 1.807) is 24.3 Å². The molecule has 0 bridgehead atoms. The normalized spacial score (nSPS) is 17.1. The highest BCUT2D eigenvalue weighted by Gasteiger charge is 2.42. The summed E-state index contributed by atoms with van der Waals surface area (Å²) in [7, 11) is 1.51. The van der Waals surface area contributed by atoms with Crippen molar-refractivity contribution in [3.05, 3.63) is 53.8 Å². The molecule has 1 saturated carbocycles. The first-order valence-electron chi connectivity index (χ1n) is 12.9. The molecule has 2 amide bonds. The third kappa shape index (κ3) is 4.94. The zero-order chi connectivity index (χ0) is 26.7. The number of fused-ring (bicyclic) bond motifs is 1. The van der Waals surface area contributed by atoms with Gasteiger partial charge in [-0.05, 0) is 37.5 Å². The minimum Gasteiger partial charge on any atom is -0.495 e. The molecule has 2 heterocycles. The number of nitriles is 1. The summed E-state index contributed by atoms with van der Waals surface area (Å²) in [6.07, 6.45) is 4.75. The van der Waals surface area contributed by atoms with Gasteiger partial charge in [-0.25, -0.2) is 0 Å². The van der Waals surface area contributed by atoms with Gasteiger partial charge in [0.25, 0.3) is 5.91 Å². The molecule has 9 nitrogen and oxygen atoms in total. The van der Waals surface area contributed by atoms with Crippen molar-refractivity contribution in [1.82, 2.24) is 5.32 Å². The van der Waals surface area contributed by atoms with Gasteiger partial charge in [-0.1, -0.05) is 37.5 Å². The zero-order valence-electron chi connectivity index (χ0n) is 21.3. The number of amides is 2. The molecule has 2 aliphatic rings. The van der Waals surface area contributed by atoms with Crippen LogP contribution >= 0.6 is 0 Å². The predicted octanol–water partition coefficient (Wildman–Crippen LogP) is 4.55. The number of nitrogens with one attached hydrogen (secondary N) is 2. The van der Waals surface area contributed by atoms with Crippen LogP contribution in [0.4, 0.5) is 11.4 Å². The molecule has 2 aromatic carbocycles. The number of ether oxygens (including phenoxy) is 1. The lowest BCUT2D eigenvalue weighted by molar-refractivity contribution is -0.123. The molecule has 5 rings (SSSR count). The van der Waals surface area contributed by atoms with Crippen LogP contribution in [0.1, 0.15) is 61.1 Å². The number of anilines is 2. The quantitative estimate of drug-likeness (QED) is 0.494. The predicted molar refractivity (Wildman–Crippen MR) is 142 cm³/mol. The Hall–Kier alpha value is -4.32. The molecule has 0 spiro atoms. The maximum Gasteiger partial charge on any atom is 0.287 e. The molecule has 1 aliphatic heterocycles. The van der Waals surface area contributed by atoms with Gasteiger partial charge in [0.15, 0.2) is 11.5 Å². The first-order valence-corrected chi connectivity index (χ1v) is 12.9. The van der Waals surface area contributed by atoms with Crippen LogP contribution in [0.3, 0.4) is 0 Å². The summed E-state index contributed by atoms with van der Waals surface area (Å²) in [5, 5.41) is 16.6. The molecule has 0 atom stereocenters. The van der Waals surface area contributed by atoms with E-state index in [0.29, 0.717) is 48.5 Å². The van der Waals surface area contributed by atoms with Gasteiger partial charge in [-0.2, -0.15) is 5.26 Å². The zero-order valence-corrected chi connectivity index (χ0v) is 21.3. The molecule has 1 aromatic heterocycles. The Bertz CT molecular complexity index is 1400. The molecule has 0 unspecified atom stereocenters. The summed E-state index contributed by atoms with van der Waals surface area (Å²) in [6.45, 7) is 0.930. The van der Waals surface area contributed by atoms with E-state index in [0.717, 1.165) is 31.1 Å². The third-order valence-corrected chi connectivity index (χ3v) is 7.42. The standard InChI is InChI=1S/C29H30N4O5/c1-37-25-16-22(20(17-30)14-23(25)33-13-7-9-21(34)18-33)31-28(36)29(11-5-2-6-12-29)32-27(35)26-15-19-8-3-4-10-24(19)38-26/h3-4,8,10,14-16H,2,5-7,9,11-13,18H2,1H3,(H,31,36)(H,32,35). The summed E-state index contributed by atoms with van der Waals surface area (Å²) in [4.78, 5) is 40.9. The molecule has 1 saturated heterocycles. The number of furan rings is 1. The fraction of sp³-hybridized carbons (Fsp3) is 0.379. The third-order valence-electron chi connectivity index (χ3n) is 7.42. The van der Waals surface area contributed by atoms with Crippen LogP contribution in [-0.4, -0.2) is 43.3 Å². The number of benzene rings is 2. The van der Waals surface area contributed by atoms with Crippen molar-refractivity contribution in [1.29, 1.82) is 5.26 Å². The Morgan fingerprint density at radius 3 is 2.61 bits per heavy atom. The molecule has 1 aliphatic carbocycles. The largest absolute Gasteiger partial charge is 0.495 e. The van der Waals surface area contributed by atoms with Crippen molar-refractivity contribution in [3.63, 3.8) is 0 Å². The van der Waals surface area contributed by atoms with Crippen LogP contribution in [0.5, 0.6) is 5.75 Å². The molecule has 196 valence electrons. The Labute approximate surface area is 220 Å². The second kappa shape index (κ2) is 10.6. The number of hydrogen-bond acceptors (Lipinski definition) is 7. The highest BCUT2D eigenvalue weighted by molar-refractivity contribution is 6.05. The first kappa shape index (κ1) is 25.3. The van der Waals surface area contributed by atoms with Gasteiger partial charge in [0.2, 0.25) is 5.91 Å². The van der Waals surface area contributed by atoms with Crippen molar-refractivity contribution >= 4 is 39.9 Å². The molecule has 3 aromatic rings. The minimum atomic E-state index is -1.15. The smallest absolute Gasteiger partial charge is 0.287 e. The van der Waals surface area contributed by atoms with Crippen LogP contribution < -0.4 is 20.3 Å². The molecular formula is C29H30N4O5. The summed E-state index contributed by atoms with van der Waals surface area (Å²) in [5.74, 6) is -0.113. The Balaban J connectivity index is 1.42. The van der Waals surface area contributed by atoms with Crippen molar-refractivity contribution in [2.24, 2.45) is 0 Å². The summed E-state index contributed by atoms with van der Waals surface area (Å²) >= 11 is 0. The number of para-hydroxylation sites is 1. The van der Waals surface area contributed by atoms with Gasteiger partial charge >= 0.3 is 0 Å². The van der Waals surface area contributed by atoms with Crippen molar-refractivity contribution in [2.75, 3.05) is 30.4 Å². The molecule has 9 heteroatoms. The topological polar surface area (TPSA) is 125 Å². The highest BCUT2D eigenvalue weighted by atomic mass is 16.5. The van der Waals surface area contributed by atoms with Crippen molar-refractivity contribution < 1.29 is 23.5 Å². The van der Waals surface area contributed by atoms with Crippen LogP contribution in [0.15, 0.2) is 46.9 Å². The lowest BCUT2D eigenvalue weighted by Crippen LogP contribution is -2.57. The van der Waals surface area contributed by atoms with Crippen LogP contribution in [0, 0.1) is 11.3 Å². The van der Waals surface area contributed by atoms with E-state index in [4.69, 9.17) is 9.15 Å². The number of Topliss-reactive ketones (excluding diaryl/α,β-unsaturated/α-hetero) is 1. The molecule has 2 fully saturated rings. The lowest BCUT2D eigenvalue weighted by atomic mass is 9.80. The van der Waals surface area contributed by atoms with E-state index in [-0.39, 0.29) is 29.6 Å². The lowest BCUT2D eigenvalue weighted by Gasteiger charge is -2.36. The van der Waals surface area contributed by atoms with Gasteiger partial charge in [-0.3, -0.25) is 14.4 Å². The summed E-state index contributed by atoms with van der Waals surface area (Å²) < 4.78 is 11.3. The Kier molecular flexibility index (Phi) is 7.05. The average Bonchev–Trinajstić information content (AvgIpc) is 3.38. The monoisotopic (exact) mass is 514 g/mol. The minimum absolute atomic E-state index is 0.133. The fourth-order valence-corrected chi connectivity index (χ4v) is 5.40. The fourth-order valence-electron chi connectivity index (χ4n) is 5.40. The van der Waals surface area contributed by atoms with Gasteiger partial charge in [0.05, 0.1) is 30.6 Å². The van der Waals surface area contributed by atoms with E-state index in [1.807, 2.05) is 23.1 Å². The summed E-state index contributed by atoms with van der Waals surface area (Å²) in [6, 6.07) is 14.4. The van der Waals surface area contributed by atoms with Crippen LogP contribution in [0.25, 0.3) is 11.0 Å². The second-order valence-electron chi connectivity index (χ2n) is 9.94. The van der Waals surface area contributed by atoms with Crippen LogP contribution in [0.2, 0.25) is 0 Å². The van der Waals surface area contributed by atoms with E-state index in [1.165, 1.54) is 7.11 Å². The maximum absolute atomic E-state index is 13.8. The molecular weight excluding hydrogens is 484 g/mol. The van der Waals surface area contributed by atoms with Crippen molar-refractivity contribution in [2.45, 2.75) is 50.5 Å². The van der Waals surface area contributed by atoms with E-state index < -0.39 is 11.4 Å². The molecule has 0 radical (unpaired) electrons. The number of carbonyl (C=O) groups is 3. The Morgan fingerprint density at radius 1 is 1.11 bits per heavy atom.